The van der Waals surface area contributed by atoms with Crippen LogP contribution in [0.3, 0.4) is 0 Å². The van der Waals surface area contributed by atoms with Crippen LogP contribution in [0.15, 0.2) is 217 Å². The molecule has 0 fully saturated rings. The van der Waals surface area contributed by atoms with Crippen LogP contribution in [-0.4, -0.2) is 9.55 Å². The third-order valence-corrected chi connectivity index (χ3v) is 11.0. The quantitative estimate of drug-likeness (QED) is 0.164. The molecule has 268 valence electrons. The molecule has 0 N–H and O–H groups in total. The average molecular weight is 730 g/mol. The maximum Gasteiger partial charge on any atom is 0.227 e. The molecule has 0 spiro atoms. The lowest BCUT2D eigenvalue weighted by molar-refractivity contribution is 0.620. The van der Waals surface area contributed by atoms with E-state index >= 15 is 0 Å². The van der Waals surface area contributed by atoms with Crippen LogP contribution in [0.5, 0.6) is 0 Å². The highest BCUT2D eigenvalue weighted by Gasteiger charge is 2.19. The normalized spacial score (nSPS) is 11.5. The summed E-state index contributed by atoms with van der Waals surface area (Å²) < 4.78 is 8.61. The van der Waals surface area contributed by atoms with E-state index in [9.17, 15) is 0 Å². The Morgan fingerprint density at radius 2 is 1.00 bits per heavy atom. The van der Waals surface area contributed by atoms with Gasteiger partial charge in [0, 0.05) is 44.5 Å². The maximum absolute atomic E-state index is 6.23. The van der Waals surface area contributed by atoms with Gasteiger partial charge in [-0.25, -0.2) is 4.98 Å². The van der Waals surface area contributed by atoms with Crippen LogP contribution in [0.4, 0.5) is 17.1 Å². The molecule has 4 nitrogen and oxygen atoms in total. The predicted molar refractivity (Wildman–Crippen MR) is 237 cm³/mol. The van der Waals surface area contributed by atoms with E-state index in [1.165, 1.54) is 27.4 Å². The summed E-state index contributed by atoms with van der Waals surface area (Å²) in [6, 6.07) is 75.3. The second kappa shape index (κ2) is 13.6. The standard InChI is InChI=1S/C53H35N3O/c1-4-14-36(15-5-1)39-18-12-21-42(34-39)55(43-30-31-47-46-22-10-11-25-49(46)56(50(47)35-43)40-19-8-3-9-20-40)41-28-26-37(27-29-41)44-23-13-24-48-45(44)32-33-51-52(48)54-53(57-51)38-16-6-2-7-17-38/h1-35H. The molecule has 0 bridgehead atoms. The molecule has 4 heteroatoms. The molecule has 0 aliphatic carbocycles. The topological polar surface area (TPSA) is 34.2 Å². The SMILES string of the molecule is c1ccc(-c2cccc(N(c3ccc(-c4cccc5c4ccc4oc(-c6ccccc6)nc45)cc3)c3ccc4c5ccccc5n(-c5ccccc5)c4c3)c2)cc1. The van der Waals surface area contributed by atoms with Crippen molar-refractivity contribution in [3.8, 4) is 39.4 Å². The highest BCUT2D eigenvalue weighted by atomic mass is 16.3. The minimum atomic E-state index is 0.631. The second-order valence-electron chi connectivity index (χ2n) is 14.4. The fraction of sp³-hybridized carbons (Fsp3) is 0. The van der Waals surface area contributed by atoms with Crippen LogP contribution >= 0.6 is 0 Å². The van der Waals surface area contributed by atoms with Gasteiger partial charge in [0.05, 0.1) is 11.0 Å². The molecule has 0 saturated heterocycles. The molecule has 11 aromatic rings. The summed E-state index contributed by atoms with van der Waals surface area (Å²) in [5.74, 6) is 0.631. The molecule has 0 atom stereocenters. The van der Waals surface area contributed by atoms with Gasteiger partial charge in [-0.05, 0) is 107 Å². The van der Waals surface area contributed by atoms with E-state index in [-0.39, 0.29) is 0 Å². The van der Waals surface area contributed by atoms with Gasteiger partial charge in [0.15, 0.2) is 5.58 Å². The van der Waals surface area contributed by atoms with E-state index in [4.69, 9.17) is 9.40 Å². The van der Waals surface area contributed by atoms with Crippen LogP contribution in [0.1, 0.15) is 0 Å². The van der Waals surface area contributed by atoms with Crippen LogP contribution in [0.2, 0.25) is 0 Å². The number of nitrogens with zero attached hydrogens (tertiary/aromatic N) is 3. The van der Waals surface area contributed by atoms with Crippen molar-refractivity contribution in [3.63, 3.8) is 0 Å². The van der Waals surface area contributed by atoms with Crippen LogP contribution in [-0.2, 0) is 0 Å². The Hall–Kier alpha value is -7.69. The van der Waals surface area contributed by atoms with Crippen molar-refractivity contribution in [2.24, 2.45) is 0 Å². The summed E-state index contributed by atoms with van der Waals surface area (Å²) in [4.78, 5) is 7.34. The van der Waals surface area contributed by atoms with E-state index in [1.807, 2.05) is 36.4 Å². The molecule has 0 saturated carbocycles. The number of hydrogen-bond donors (Lipinski definition) is 0. The third-order valence-electron chi connectivity index (χ3n) is 11.0. The van der Waals surface area contributed by atoms with Crippen molar-refractivity contribution in [2.75, 3.05) is 4.90 Å². The number of anilines is 3. The molecule has 9 aromatic carbocycles. The fourth-order valence-electron chi connectivity index (χ4n) is 8.35. The van der Waals surface area contributed by atoms with Crippen LogP contribution in [0, 0.1) is 0 Å². The average Bonchev–Trinajstić information content (AvgIpc) is 3.88. The van der Waals surface area contributed by atoms with Gasteiger partial charge in [-0.1, -0.05) is 133 Å². The molecule has 0 unspecified atom stereocenters. The van der Waals surface area contributed by atoms with Crippen molar-refractivity contribution < 1.29 is 4.42 Å². The number of aromatic nitrogens is 2. The first-order valence-corrected chi connectivity index (χ1v) is 19.3. The van der Waals surface area contributed by atoms with E-state index in [0.717, 1.165) is 66.8 Å². The summed E-state index contributed by atoms with van der Waals surface area (Å²) in [5, 5.41) is 4.66. The smallest absolute Gasteiger partial charge is 0.227 e. The maximum atomic E-state index is 6.23. The van der Waals surface area contributed by atoms with Gasteiger partial charge in [0.25, 0.3) is 0 Å². The summed E-state index contributed by atoms with van der Waals surface area (Å²) in [6.45, 7) is 0. The first kappa shape index (κ1) is 32.7. The van der Waals surface area contributed by atoms with E-state index in [2.05, 4.69) is 185 Å². The first-order valence-electron chi connectivity index (χ1n) is 19.3. The van der Waals surface area contributed by atoms with Crippen LogP contribution in [0.25, 0.3) is 83.1 Å². The van der Waals surface area contributed by atoms with Gasteiger partial charge in [-0.3, -0.25) is 0 Å². The van der Waals surface area contributed by atoms with E-state index in [1.54, 1.807) is 0 Å². The first-order chi connectivity index (χ1) is 28.3. The lowest BCUT2D eigenvalue weighted by atomic mass is 9.97. The Bertz CT molecular complexity index is 3220. The Balaban J connectivity index is 1.06. The Labute approximate surface area is 330 Å². The molecule has 57 heavy (non-hydrogen) atoms. The summed E-state index contributed by atoms with van der Waals surface area (Å²) in [7, 11) is 0. The zero-order valence-electron chi connectivity index (χ0n) is 31.0. The number of hydrogen-bond acceptors (Lipinski definition) is 3. The number of rotatable bonds is 7. The largest absolute Gasteiger partial charge is 0.436 e. The number of oxazole rings is 1. The monoisotopic (exact) mass is 729 g/mol. The highest BCUT2D eigenvalue weighted by molar-refractivity contribution is 6.11. The molecule has 0 aliphatic heterocycles. The predicted octanol–water partition coefficient (Wildman–Crippen LogP) is 14.5. The third kappa shape index (κ3) is 5.66. The fourth-order valence-corrected chi connectivity index (χ4v) is 8.35. The van der Waals surface area contributed by atoms with Crippen molar-refractivity contribution in [1.29, 1.82) is 0 Å². The van der Waals surface area contributed by atoms with Crippen LogP contribution < -0.4 is 4.90 Å². The molecular weight excluding hydrogens is 695 g/mol. The van der Waals surface area contributed by atoms with E-state index < -0.39 is 0 Å². The van der Waals surface area contributed by atoms with Crippen molar-refractivity contribution in [1.82, 2.24) is 9.55 Å². The minimum absolute atomic E-state index is 0.631. The van der Waals surface area contributed by atoms with Crippen molar-refractivity contribution in [3.05, 3.63) is 212 Å². The lowest BCUT2D eigenvalue weighted by Gasteiger charge is -2.26. The Morgan fingerprint density at radius 1 is 0.386 bits per heavy atom. The van der Waals surface area contributed by atoms with Gasteiger partial charge in [0.2, 0.25) is 5.89 Å². The minimum Gasteiger partial charge on any atom is -0.436 e. The summed E-state index contributed by atoms with van der Waals surface area (Å²) in [6.07, 6.45) is 0. The van der Waals surface area contributed by atoms with Gasteiger partial charge in [-0.2, -0.15) is 0 Å². The molecule has 2 heterocycles. The van der Waals surface area contributed by atoms with Gasteiger partial charge < -0.3 is 13.9 Å². The van der Waals surface area contributed by atoms with Gasteiger partial charge in [-0.15, -0.1) is 0 Å². The van der Waals surface area contributed by atoms with E-state index in [0.29, 0.717) is 5.89 Å². The van der Waals surface area contributed by atoms with Crippen molar-refractivity contribution >= 4 is 60.7 Å². The second-order valence-corrected chi connectivity index (χ2v) is 14.4. The number of fused-ring (bicyclic) bond motifs is 6. The molecule has 0 radical (unpaired) electrons. The molecular formula is C53H35N3O. The highest BCUT2D eigenvalue weighted by Crippen LogP contribution is 2.42. The van der Waals surface area contributed by atoms with Gasteiger partial charge >= 0.3 is 0 Å². The van der Waals surface area contributed by atoms with Gasteiger partial charge in [0.1, 0.15) is 5.52 Å². The molecule has 2 aromatic heterocycles. The molecule has 11 rings (SSSR count). The summed E-state index contributed by atoms with van der Waals surface area (Å²) >= 11 is 0. The number of para-hydroxylation sites is 2. The Kier molecular flexibility index (Phi) is 7.78. The number of benzene rings is 9. The Morgan fingerprint density at radius 3 is 1.81 bits per heavy atom. The summed E-state index contributed by atoms with van der Waals surface area (Å²) in [5.41, 5.74) is 14.0. The molecule has 0 aliphatic rings. The zero-order valence-corrected chi connectivity index (χ0v) is 31.0. The lowest BCUT2D eigenvalue weighted by Crippen LogP contribution is -2.10. The van der Waals surface area contributed by atoms with Crippen molar-refractivity contribution in [2.45, 2.75) is 0 Å². The molecule has 0 amide bonds. The zero-order chi connectivity index (χ0) is 37.7.